The minimum absolute atomic E-state index is 0.0500. The molecular weight excluding hydrogens is 314 g/mol. The third-order valence-electron chi connectivity index (χ3n) is 4.62. The predicted octanol–water partition coefficient (Wildman–Crippen LogP) is 2.79. The number of rotatable bonds is 2. The van der Waals surface area contributed by atoms with Gasteiger partial charge in [-0.05, 0) is 55.7 Å². The normalized spacial score (nSPS) is 19.6. The zero-order chi connectivity index (χ0) is 15.9. The van der Waals surface area contributed by atoms with Crippen molar-refractivity contribution in [3.8, 4) is 11.5 Å². The van der Waals surface area contributed by atoms with Crippen molar-refractivity contribution >= 4 is 18.1 Å². The van der Waals surface area contributed by atoms with Crippen molar-refractivity contribution in [2.45, 2.75) is 24.9 Å². The zero-order valence-corrected chi connectivity index (χ0v) is 13.4. The molecule has 0 radical (unpaired) electrons. The van der Waals surface area contributed by atoms with Gasteiger partial charge in [-0.15, -0.1) is 5.10 Å². The highest BCUT2D eigenvalue weighted by Gasteiger charge is 2.43. The monoisotopic (exact) mass is 331 g/mol. The molecule has 1 aliphatic carbocycles. The summed E-state index contributed by atoms with van der Waals surface area (Å²) in [6.45, 7) is 1.97. The minimum Gasteiger partial charge on any atom is -0.409 e. The summed E-state index contributed by atoms with van der Waals surface area (Å²) in [7, 11) is 0. The second-order valence-electron chi connectivity index (χ2n) is 6.11. The number of hydrogen-bond acceptors (Lipinski definition) is 5. The number of carbonyl (C=O) groups excluding carboxylic acids is 1. The van der Waals surface area contributed by atoms with Gasteiger partial charge in [-0.1, -0.05) is 0 Å². The maximum Gasteiger partial charge on any atom is 0.284 e. The first-order valence-electron chi connectivity index (χ1n) is 7.74. The molecule has 0 unspecified atom stereocenters. The summed E-state index contributed by atoms with van der Waals surface area (Å²) in [5, 5.41) is 6.57. The van der Waals surface area contributed by atoms with Gasteiger partial charge in [0.25, 0.3) is 10.7 Å². The molecule has 2 fully saturated rings. The van der Waals surface area contributed by atoms with Crippen molar-refractivity contribution in [3.05, 3.63) is 34.7 Å². The zero-order valence-electron chi connectivity index (χ0n) is 12.6. The lowest BCUT2D eigenvalue weighted by molar-refractivity contribution is -0.142. The Bertz CT molecular complexity index is 776. The van der Waals surface area contributed by atoms with Crippen LogP contribution in [0.3, 0.4) is 0 Å². The number of H-pyrrole nitrogens is 1. The van der Waals surface area contributed by atoms with Crippen molar-refractivity contribution in [2.75, 3.05) is 19.7 Å². The van der Waals surface area contributed by atoms with E-state index < -0.39 is 0 Å². The summed E-state index contributed by atoms with van der Waals surface area (Å²) < 4.78 is 11.1. The third kappa shape index (κ3) is 2.70. The topological polar surface area (TPSA) is 71.4 Å². The van der Waals surface area contributed by atoms with E-state index in [0.717, 1.165) is 18.4 Å². The second kappa shape index (κ2) is 5.58. The van der Waals surface area contributed by atoms with Crippen LogP contribution in [0.2, 0.25) is 0 Å². The summed E-state index contributed by atoms with van der Waals surface area (Å²) in [6, 6.07) is 7.24. The number of aromatic nitrogens is 2. The van der Waals surface area contributed by atoms with E-state index in [9.17, 15) is 4.79 Å². The fourth-order valence-electron chi connectivity index (χ4n) is 3.18. The Morgan fingerprint density at radius 2 is 2.09 bits per heavy atom. The molecule has 1 N–H and O–H groups in total. The van der Waals surface area contributed by atoms with Gasteiger partial charge in [-0.25, -0.2) is 5.10 Å². The number of morpholine rings is 1. The van der Waals surface area contributed by atoms with Crippen LogP contribution in [0.1, 0.15) is 29.6 Å². The molecule has 2 aliphatic rings. The average molecular weight is 331 g/mol. The van der Waals surface area contributed by atoms with Crippen LogP contribution in [0, 0.1) is 4.84 Å². The molecule has 1 aromatic heterocycles. The van der Waals surface area contributed by atoms with Gasteiger partial charge in [-0.3, -0.25) is 4.79 Å². The average Bonchev–Trinajstić information content (AvgIpc) is 2.99. The molecule has 1 aromatic carbocycles. The number of nitrogens with zero attached hydrogens (tertiary/aromatic N) is 2. The van der Waals surface area contributed by atoms with E-state index in [1.807, 2.05) is 17.0 Å². The highest BCUT2D eigenvalue weighted by atomic mass is 32.1. The first-order chi connectivity index (χ1) is 11.2. The van der Waals surface area contributed by atoms with Gasteiger partial charge in [0.15, 0.2) is 0 Å². The second-order valence-corrected chi connectivity index (χ2v) is 6.48. The Hall–Kier alpha value is -1.99. The Labute approximate surface area is 138 Å². The largest absolute Gasteiger partial charge is 0.409 e. The standard InChI is InChI=1S/C16H17N3O3S/c20-14(19-8-9-21-16(10-19)6-1-7-16)12-4-2-11(3-5-12)13-17-18-15(23)22-13/h2-5H,1,6-10H2,(H,18,23). The van der Waals surface area contributed by atoms with Crippen LogP contribution < -0.4 is 0 Å². The Morgan fingerprint density at radius 3 is 2.70 bits per heavy atom. The van der Waals surface area contributed by atoms with Gasteiger partial charge in [0.05, 0.1) is 18.8 Å². The van der Waals surface area contributed by atoms with Crippen LogP contribution in [-0.4, -0.2) is 46.3 Å². The maximum atomic E-state index is 12.7. The van der Waals surface area contributed by atoms with Crippen LogP contribution in [0.4, 0.5) is 0 Å². The Morgan fingerprint density at radius 1 is 1.30 bits per heavy atom. The number of ether oxygens (including phenoxy) is 1. The van der Waals surface area contributed by atoms with Crippen LogP contribution >= 0.6 is 12.2 Å². The number of nitrogens with one attached hydrogen (secondary N) is 1. The van der Waals surface area contributed by atoms with Crippen molar-refractivity contribution < 1.29 is 13.9 Å². The first-order valence-corrected chi connectivity index (χ1v) is 8.15. The van der Waals surface area contributed by atoms with E-state index in [2.05, 4.69) is 10.2 Å². The highest BCUT2D eigenvalue weighted by Crippen LogP contribution is 2.38. The molecule has 1 spiro atoms. The van der Waals surface area contributed by atoms with Gasteiger partial charge >= 0.3 is 0 Å². The van der Waals surface area contributed by atoms with Crippen LogP contribution in [0.5, 0.6) is 0 Å². The van der Waals surface area contributed by atoms with Crippen molar-refractivity contribution in [1.29, 1.82) is 0 Å². The molecule has 1 amide bonds. The van der Waals surface area contributed by atoms with Crippen molar-refractivity contribution in [2.24, 2.45) is 0 Å². The predicted molar refractivity (Wildman–Crippen MR) is 85.6 cm³/mol. The van der Waals surface area contributed by atoms with Gasteiger partial charge in [-0.2, -0.15) is 0 Å². The van der Waals surface area contributed by atoms with Gasteiger partial charge in [0.2, 0.25) is 5.89 Å². The van der Waals surface area contributed by atoms with Crippen molar-refractivity contribution in [3.63, 3.8) is 0 Å². The lowest BCUT2D eigenvalue weighted by Crippen LogP contribution is -2.57. The number of carbonyl (C=O) groups is 1. The Balaban J connectivity index is 1.51. The number of aromatic amines is 1. The van der Waals surface area contributed by atoms with Crippen LogP contribution in [0.15, 0.2) is 28.7 Å². The van der Waals surface area contributed by atoms with E-state index >= 15 is 0 Å². The molecule has 1 saturated carbocycles. The molecule has 0 bridgehead atoms. The molecule has 0 atom stereocenters. The number of hydrogen-bond donors (Lipinski definition) is 1. The summed E-state index contributed by atoms with van der Waals surface area (Å²) >= 11 is 4.87. The quantitative estimate of drug-likeness (QED) is 0.857. The van der Waals surface area contributed by atoms with E-state index in [1.54, 1.807) is 12.1 Å². The van der Waals surface area contributed by atoms with E-state index in [-0.39, 0.29) is 16.3 Å². The van der Waals surface area contributed by atoms with Gasteiger partial charge < -0.3 is 14.1 Å². The molecule has 1 aliphatic heterocycles. The molecule has 6 nitrogen and oxygen atoms in total. The fraction of sp³-hybridized carbons (Fsp3) is 0.438. The molecule has 4 rings (SSSR count). The fourth-order valence-corrected chi connectivity index (χ4v) is 3.31. The lowest BCUT2D eigenvalue weighted by atomic mass is 9.79. The number of benzene rings is 1. The molecular formula is C16H17N3O3S. The summed E-state index contributed by atoms with van der Waals surface area (Å²) in [5.74, 6) is 0.475. The SMILES string of the molecule is O=C(c1ccc(-c2n[nH]c(=S)o2)cc1)N1CCOC2(CCC2)C1. The molecule has 1 saturated heterocycles. The molecule has 7 heteroatoms. The summed E-state index contributed by atoms with van der Waals surface area (Å²) in [5.41, 5.74) is 1.37. The van der Waals surface area contributed by atoms with E-state index in [4.69, 9.17) is 21.4 Å². The molecule has 120 valence electrons. The van der Waals surface area contributed by atoms with Crippen LogP contribution in [-0.2, 0) is 4.74 Å². The van der Waals surface area contributed by atoms with E-state index in [1.165, 1.54) is 6.42 Å². The smallest absolute Gasteiger partial charge is 0.284 e. The van der Waals surface area contributed by atoms with Crippen molar-refractivity contribution in [1.82, 2.24) is 15.1 Å². The lowest BCUT2D eigenvalue weighted by Gasteiger charge is -2.48. The van der Waals surface area contributed by atoms with Gasteiger partial charge in [0, 0.05) is 17.7 Å². The third-order valence-corrected chi connectivity index (χ3v) is 4.79. The highest BCUT2D eigenvalue weighted by molar-refractivity contribution is 7.71. The first kappa shape index (κ1) is 14.6. The molecule has 2 heterocycles. The van der Waals surface area contributed by atoms with E-state index in [0.29, 0.717) is 31.2 Å². The Kier molecular flexibility index (Phi) is 3.54. The molecule has 2 aromatic rings. The molecule has 23 heavy (non-hydrogen) atoms. The summed E-state index contributed by atoms with van der Waals surface area (Å²) in [4.78, 5) is 14.8. The minimum atomic E-state index is -0.0817. The van der Waals surface area contributed by atoms with Gasteiger partial charge in [0.1, 0.15) is 0 Å². The number of amides is 1. The maximum absolute atomic E-state index is 12.7. The van der Waals surface area contributed by atoms with Crippen LogP contribution in [0.25, 0.3) is 11.5 Å². The summed E-state index contributed by atoms with van der Waals surface area (Å²) in [6.07, 6.45) is 3.30.